The van der Waals surface area contributed by atoms with Crippen molar-refractivity contribution >= 4 is 5.91 Å². The molecule has 2 aromatic rings. The average molecular weight is 482 g/mol. The summed E-state index contributed by atoms with van der Waals surface area (Å²) in [4.78, 5) is 30.5. The Balaban J connectivity index is 1.45. The van der Waals surface area contributed by atoms with Crippen LogP contribution < -0.4 is 5.32 Å². The molecule has 36 heavy (non-hydrogen) atoms. The number of carbonyl (C=O) groups is 1. The number of terminal acetylenes is 1. The van der Waals surface area contributed by atoms with Crippen LogP contribution in [-0.4, -0.2) is 64.3 Å². The molecule has 8 heteroatoms. The highest BCUT2D eigenvalue weighted by Gasteiger charge is 2.47. The number of carbonyl (C=O) groups excluding carboxylic acids is 1. The van der Waals surface area contributed by atoms with Crippen molar-refractivity contribution < 1.29 is 9.72 Å². The zero-order valence-corrected chi connectivity index (χ0v) is 19.8. The fourth-order valence-corrected chi connectivity index (χ4v) is 5.30. The van der Waals surface area contributed by atoms with Gasteiger partial charge in [0.05, 0.1) is 23.2 Å². The molecule has 0 aromatic heterocycles. The molecule has 1 fully saturated rings. The number of nitrogens with zero attached hydrogens (tertiary/aromatic N) is 4. The maximum absolute atomic E-state index is 13.2. The first-order chi connectivity index (χ1) is 17.6. The molecule has 0 radical (unpaired) electrons. The summed E-state index contributed by atoms with van der Waals surface area (Å²) in [6, 6.07) is 20.3. The Morgan fingerprint density at radius 2 is 1.64 bits per heavy atom. The molecule has 1 atom stereocenters. The van der Waals surface area contributed by atoms with Crippen LogP contribution in [0.2, 0.25) is 0 Å². The zero-order chi connectivity index (χ0) is 25.1. The normalized spacial score (nSPS) is 20.1. The van der Waals surface area contributed by atoms with Crippen LogP contribution >= 0.6 is 0 Å². The molecule has 8 nitrogen and oxygen atoms in total. The van der Waals surface area contributed by atoms with Crippen molar-refractivity contribution in [1.82, 2.24) is 20.0 Å². The number of amides is 1. The molecule has 3 aliphatic heterocycles. The van der Waals surface area contributed by atoms with E-state index in [0.29, 0.717) is 37.6 Å². The van der Waals surface area contributed by atoms with E-state index in [1.165, 1.54) is 16.0 Å². The van der Waals surface area contributed by atoms with E-state index < -0.39 is 22.6 Å². The summed E-state index contributed by atoms with van der Waals surface area (Å²) in [5.41, 5.74) is 3.03. The van der Waals surface area contributed by atoms with Crippen molar-refractivity contribution in [2.45, 2.75) is 12.1 Å². The van der Waals surface area contributed by atoms with Gasteiger partial charge in [-0.2, -0.15) is 0 Å². The zero-order valence-electron chi connectivity index (χ0n) is 19.8. The third-order valence-corrected chi connectivity index (χ3v) is 6.88. The number of fused-ring (bicyclic) bond motifs is 1. The predicted molar refractivity (Wildman–Crippen MR) is 137 cm³/mol. The van der Waals surface area contributed by atoms with Gasteiger partial charge in [0.2, 0.25) is 0 Å². The first-order valence-electron chi connectivity index (χ1n) is 12.0. The maximum atomic E-state index is 13.2. The van der Waals surface area contributed by atoms with Gasteiger partial charge in [-0.15, -0.1) is 6.42 Å². The highest BCUT2D eigenvalue weighted by atomic mass is 16.6. The van der Waals surface area contributed by atoms with E-state index in [1.54, 1.807) is 18.4 Å². The van der Waals surface area contributed by atoms with Crippen LogP contribution in [0.1, 0.15) is 17.2 Å². The average Bonchev–Trinajstić information content (AvgIpc) is 2.91. The van der Waals surface area contributed by atoms with Crippen LogP contribution in [0.25, 0.3) is 0 Å². The molecule has 2 aromatic carbocycles. The minimum Gasteiger partial charge on any atom is -0.377 e. The van der Waals surface area contributed by atoms with Crippen LogP contribution in [0.5, 0.6) is 0 Å². The summed E-state index contributed by atoms with van der Waals surface area (Å²) in [6.07, 6.45) is 10.8. The standard InChI is InChI=1S/C28H27N5O3/c1-2-16-32-23-14-9-15-29-24(23)26(27(28(32)34)33(35)36)31-19-17-30(18-20-31)25(21-10-5-3-6-11-21)22-12-7-4-8-13-22/h1,3-15,24-25,29H,16-20H2. The molecule has 1 unspecified atom stereocenters. The van der Waals surface area contributed by atoms with Crippen LogP contribution in [0.15, 0.2) is 96.1 Å². The van der Waals surface area contributed by atoms with Gasteiger partial charge in [0.1, 0.15) is 11.7 Å². The lowest BCUT2D eigenvalue weighted by molar-refractivity contribution is -0.423. The van der Waals surface area contributed by atoms with E-state index in [-0.39, 0.29) is 12.6 Å². The second-order valence-corrected chi connectivity index (χ2v) is 8.88. The Bertz CT molecular complexity index is 1230. The Labute approximate surface area is 210 Å². The lowest BCUT2D eigenvalue weighted by atomic mass is 9.95. The summed E-state index contributed by atoms with van der Waals surface area (Å²) in [7, 11) is 0. The van der Waals surface area contributed by atoms with E-state index in [9.17, 15) is 14.9 Å². The monoisotopic (exact) mass is 481 g/mol. The van der Waals surface area contributed by atoms with E-state index >= 15 is 0 Å². The lowest BCUT2D eigenvalue weighted by Gasteiger charge is -2.45. The van der Waals surface area contributed by atoms with Gasteiger partial charge < -0.3 is 10.2 Å². The maximum Gasteiger partial charge on any atom is 0.355 e. The molecule has 182 valence electrons. The highest BCUT2D eigenvalue weighted by molar-refractivity contribution is 5.95. The number of allylic oxidation sites excluding steroid dienone is 2. The first-order valence-corrected chi connectivity index (χ1v) is 12.0. The molecule has 0 spiro atoms. The number of nitrogens with one attached hydrogen (secondary N) is 1. The Hall–Kier alpha value is -4.35. The molecule has 1 N–H and O–H groups in total. The lowest BCUT2D eigenvalue weighted by Crippen LogP contribution is -2.56. The fourth-order valence-electron chi connectivity index (χ4n) is 5.30. The van der Waals surface area contributed by atoms with E-state index in [4.69, 9.17) is 6.42 Å². The number of piperazine rings is 1. The van der Waals surface area contributed by atoms with Gasteiger partial charge >= 0.3 is 11.6 Å². The van der Waals surface area contributed by atoms with Crippen LogP contribution in [-0.2, 0) is 4.79 Å². The molecule has 5 rings (SSSR count). The minimum atomic E-state index is -0.665. The molecular weight excluding hydrogens is 454 g/mol. The van der Waals surface area contributed by atoms with Crippen molar-refractivity contribution in [2.24, 2.45) is 0 Å². The molecule has 0 saturated carbocycles. The second kappa shape index (κ2) is 10.1. The molecule has 0 aliphatic carbocycles. The van der Waals surface area contributed by atoms with Crippen molar-refractivity contribution in [3.05, 3.63) is 117 Å². The highest BCUT2D eigenvalue weighted by Crippen LogP contribution is 2.34. The minimum absolute atomic E-state index is 0.0229. The Kier molecular flexibility index (Phi) is 6.56. The molecule has 0 bridgehead atoms. The van der Waals surface area contributed by atoms with Crippen molar-refractivity contribution in [3.8, 4) is 12.3 Å². The first kappa shape index (κ1) is 23.4. The second-order valence-electron chi connectivity index (χ2n) is 8.88. The molecule has 3 aliphatic rings. The molecule has 3 heterocycles. The molecule has 1 saturated heterocycles. The topological polar surface area (TPSA) is 82.0 Å². The van der Waals surface area contributed by atoms with Gasteiger partial charge in [-0.3, -0.25) is 24.7 Å². The molecule has 1 amide bonds. The molecular formula is C28H27N5O3. The Morgan fingerprint density at radius 3 is 2.19 bits per heavy atom. The number of hydrogen-bond acceptors (Lipinski definition) is 6. The summed E-state index contributed by atoms with van der Waals surface area (Å²) in [6.45, 7) is 2.46. The smallest absolute Gasteiger partial charge is 0.355 e. The van der Waals surface area contributed by atoms with Gasteiger partial charge in [-0.1, -0.05) is 66.6 Å². The van der Waals surface area contributed by atoms with Gasteiger partial charge in [-0.25, -0.2) is 0 Å². The van der Waals surface area contributed by atoms with E-state index in [2.05, 4.69) is 40.4 Å². The summed E-state index contributed by atoms with van der Waals surface area (Å²) in [5.74, 6) is 1.79. The van der Waals surface area contributed by atoms with Gasteiger partial charge in [0.15, 0.2) is 0 Å². The summed E-state index contributed by atoms with van der Waals surface area (Å²) in [5, 5.41) is 15.3. The number of dihydropyridines is 1. The number of rotatable bonds is 6. The van der Waals surface area contributed by atoms with Gasteiger partial charge in [0, 0.05) is 26.2 Å². The van der Waals surface area contributed by atoms with Crippen LogP contribution in [0.3, 0.4) is 0 Å². The number of hydrogen-bond donors (Lipinski definition) is 1. The van der Waals surface area contributed by atoms with Crippen molar-refractivity contribution in [2.75, 3.05) is 32.7 Å². The predicted octanol–water partition coefficient (Wildman–Crippen LogP) is 2.73. The van der Waals surface area contributed by atoms with Crippen LogP contribution in [0, 0.1) is 22.5 Å². The third-order valence-electron chi connectivity index (χ3n) is 6.88. The SMILES string of the molecule is C#CCN1C(=O)C([N+](=O)[O-])=C(N2CCN(C(c3ccccc3)c3ccccc3)CC2)C2NC=CC=C21. The van der Waals surface area contributed by atoms with Gasteiger partial charge in [0.25, 0.3) is 0 Å². The largest absolute Gasteiger partial charge is 0.377 e. The van der Waals surface area contributed by atoms with E-state index in [1.807, 2.05) is 41.3 Å². The fraction of sp³-hybridized carbons (Fsp3) is 0.250. The summed E-state index contributed by atoms with van der Waals surface area (Å²) < 4.78 is 0. The quantitative estimate of drug-likeness (QED) is 0.388. The van der Waals surface area contributed by atoms with Gasteiger partial charge in [-0.05, 0) is 29.5 Å². The van der Waals surface area contributed by atoms with E-state index in [0.717, 1.165) is 0 Å². The number of nitro groups is 1. The van der Waals surface area contributed by atoms with Crippen LogP contribution in [0.4, 0.5) is 0 Å². The third kappa shape index (κ3) is 4.25. The van der Waals surface area contributed by atoms with Crippen molar-refractivity contribution in [1.29, 1.82) is 0 Å². The van der Waals surface area contributed by atoms with Crippen molar-refractivity contribution in [3.63, 3.8) is 0 Å². The Morgan fingerprint density at radius 1 is 1.03 bits per heavy atom. The summed E-state index contributed by atoms with van der Waals surface area (Å²) >= 11 is 0. The number of benzene rings is 2.